The van der Waals surface area contributed by atoms with Crippen LogP contribution in [-0.2, 0) is 27.7 Å². The Hall–Kier alpha value is -2.86. The number of piperazine rings is 1. The molecule has 1 saturated heterocycles. The standard InChI is InChI=1S/C27H31ClN4O5S2/c1-27(2,3)37-26(34)31-9-8-23-20(17-31)16-24(38-23)29-25(33)30-10-12-32(13-11-30)39(35,36)22-7-5-18-14-21(28)6-4-19(18)15-22/h4-7,14-16H,8-13,17H2,1-3H3,(H,29,33). The minimum absolute atomic E-state index is 0.209. The van der Waals surface area contributed by atoms with E-state index >= 15 is 0 Å². The molecular formula is C27H31ClN4O5S2. The number of hydrogen-bond donors (Lipinski definition) is 1. The number of carbonyl (C=O) groups excluding carboxylic acids is 2. The van der Waals surface area contributed by atoms with Crippen LogP contribution in [0.25, 0.3) is 10.8 Å². The van der Waals surface area contributed by atoms with Crippen molar-refractivity contribution in [3.8, 4) is 0 Å². The summed E-state index contributed by atoms with van der Waals surface area (Å²) in [6.45, 7) is 7.51. The first-order valence-corrected chi connectivity index (χ1v) is 15.4. The number of thiophene rings is 1. The fraction of sp³-hybridized carbons (Fsp3) is 0.407. The van der Waals surface area contributed by atoms with Crippen LogP contribution in [0.4, 0.5) is 14.6 Å². The van der Waals surface area contributed by atoms with Crippen LogP contribution in [0.3, 0.4) is 0 Å². The lowest BCUT2D eigenvalue weighted by molar-refractivity contribution is 0.0225. The number of sulfonamides is 1. The largest absolute Gasteiger partial charge is 0.444 e. The molecule has 5 rings (SSSR count). The Kier molecular flexibility index (Phi) is 7.53. The maximum Gasteiger partial charge on any atom is 0.410 e. The van der Waals surface area contributed by atoms with Gasteiger partial charge < -0.3 is 14.5 Å². The van der Waals surface area contributed by atoms with Crippen molar-refractivity contribution >= 4 is 60.9 Å². The first kappa shape index (κ1) is 27.7. The van der Waals surface area contributed by atoms with Crippen LogP contribution in [0, 0.1) is 0 Å². The Bertz CT molecular complexity index is 1520. The van der Waals surface area contributed by atoms with E-state index in [1.54, 1.807) is 46.2 Å². The van der Waals surface area contributed by atoms with Gasteiger partial charge in [0.1, 0.15) is 5.60 Å². The van der Waals surface area contributed by atoms with Gasteiger partial charge in [0.2, 0.25) is 10.0 Å². The van der Waals surface area contributed by atoms with Crippen LogP contribution in [0.15, 0.2) is 47.4 Å². The summed E-state index contributed by atoms with van der Waals surface area (Å²) in [6, 6.07) is 12.0. The number of anilines is 1. The third kappa shape index (κ3) is 6.16. The second kappa shape index (κ2) is 10.6. The maximum atomic E-state index is 13.3. The van der Waals surface area contributed by atoms with Crippen LogP contribution >= 0.6 is 22.9 Å². The summed E-state index contributed by atoms with van der Waals surface area (Å²) in [4.78, 5) is 30.1. The zero-order valence-corrected chi connectivity index (χ0v) is 24.5. The van der Waals surface area contributed by atoms with E-state index in [-0.39, 0.29) is 43.2 Å². The molecule has 0 unspecified atom stereocenters. The van der Waals surface area contributed by atoms with Gasteiger partial charge in [0.25, 0.3) is 0 Å². The molecule has 2 aromatic carbocycles. The number of benzene rings is 2. The molecule has 1 fully saturated rings. The van der Waals surface area contributed by atoms with Crippen LogP contribution in [0.1, 0.15) is 31.2 Å². The Morgan fingerprint density at radius 1 is 0.949 bits per heavy atom. The third-order valence-corrected chi connectivity index (χ3v) is 9.97. The summed E-state index contributed by atoms with van der Waals surface area (Å²) >= 11 is 7.55. The molecule has 3 amide bonds. The second-order valence-electron chi connectivity index (χ2n) is 10.7. The zero-order valence-electron chi connectivity index (χ0n) is 22.1. The Morgan fingerprint density at radius 2 is 1.64 bits per heavy atom. The molecule has 0 spiro atoms. The minimum Gasteiger partial charge on any atom is -0.444 e. The molecule has 208 valence electrons. The van der Waals surface area contributed by atoms with Crippen molar-refractivity contribution in [1.82, 2.24) is 14.1 Å². The van der Waals surface area contributed by atoms with E-state index in [1.165, 1.54) is 15.6 Å². The molecular weight excluding hydrogens is 560 g/mol. The van der Waals surface area contributed by atoms with Gasteiger partial charge in [0.05, 0.1) is 16.4 Å². The summed E-state index contributed by atoms with van der Waals surface area (Å²) in [6.07, 6.45) is 0.360. The molecule has 1 aromatic heterocycles. The van der Waals surface area contributed by atoms with Crippen molar-refractivity contribution in [3.05, 3.63) is 57.9 Å². The summed E-state index contributed by atoms with van der Waals surface area (Å²) in [5.41, 5.74) is 0.444. The lowest BCUT2D eigenvalue weighted by Gasteiger charge is -2.33. The lowest BCUT2D eigenvalue weighted by Crippen LogP contribution is -2.51. The van der Waals surface area contributed by atoms with Crippen molar-refractivity contribution in [2.24, 2.45) is 0 Å². The van der Waals surface area contributed by atoms with Crippen molar-refractivity contribution in [2.45, 2.75) is 44.2 Å². The number of nitrogens with one attached hydrogen (secondary N) is 1. The van der Waals surface area contributed by atoms with Gasteiger partial charge in [-0.1, -0.05) is 23.7 Å². The average Bonchev–Trinajstić information content (AvgIpc) is 3.28. The number of halogens is 1. The maximum absolute atomic E-state index is 13.3. The third-order valence-electron chi connectivity index (χ3n) is 6.69. The predicted octanol–water partition coefficient (Wildman–Crippen LogP) is 5.39. The molecule has 0 radical (unpaired) electrons. The van der Waals surface area contributed by atoms with E-state index in [0.717, 1.165) is 21.2 Å². The van der Waals surface area contributed by atoms with Gasteiger partial charge in [-0.15, -0.1) is 11.3 Å². The molecule has 3 aromatic rings. The monoisotopic (exact) mass is 590 g/mol. The molecule has 2 aliphatic rings. The molecule has 2 aliphatic heterocycles. The molecule has 0 atom stereocenters. The summed E-state index contributed by atoms with van der Waals surface area (Å²) in [7, 11) is -3.70. The van der Waals surface area contributed by atoms with Crippen molar-refractivity contribution in [2.75, 3.05) is 38.0 Å². The minimum atomic E-state index is -3.70. The summed E-state index contributed by atoms with van der Waals surface area (Å²) in [5.74, 6) is 0. The van der Waals surface area contributed by atoms with Crippen LogP contribution in [-0.4, -0.2) is 73.0 Å². The summed E-state index contributed by atoms with van der Waals surface area (Å²) in [5, 5.41) is 5.93. The van der Waals surface area contributed by atoms with Crippen molar-refractivity contribution in [3.63, 3.8) is 0 Å². The highest BCUT2D eigenvalue weighted by molar-refractivity contribution is 7.89. The first-order chi connectivity index (χ1) is 18.4. The number of nitrogens with zero attached hydrogens (tertiary/aromatic N) is 3. The van der Waals surface area contributed by atoms with Gasteiger partial charge in [-0.3, -0.25) is 5.32 Å². The molecule has 9 nitrogen and oxygen atoms in total. The van der Waals surface area contributed by atoms with Gasteiger partial charge >= 0.3 is 12.1 Å². The van der Waals surface area contributed by atoms with E-state index in [9.17, 15) is 18.0 Å². The summed E-state index contributed by atoms with van der Waals surface area (Å²) < 4.78 is 33.5. The number of amides is 3. The number of urea groups is 1. The molecule has 3 heterocycles. The van der Waals surface area contributed by atoms with E-state index in [0.29, 0.717) is 29.5 Å². The quantitative estimate of drug-likeness (QED) is 0.441. The van der Waals surface area contributed by atoms with E-state index in [4.69, 9.17) is 16.3 Å². The Balaban J connectivity index is 1.18. The van der Waals surface area contributed by atoms with Crippen molar-refractivity contribution < 1.29 is 22.7 Å². The highest BCUT2D eigenvalue weighted by Gasteiger charge is 2.31. The Labute approximate surface area is 237 Å². The fourth-order valence-corrected chi connectivity index (χ4v) is 7.39. The number of fused-ring (bicyclic) bond motifs is 2. The Morgan fingerprint density at radius 3 is 2.36 bits per heavy atom. The number of carbonyl (C=O) groups is 2. The molecule has 0 bridgehead atoms. The van der Waals surface area contributed by atoms with Crippen LogP contribution < -0.4 is 5.32 Å². The van der Waals surface area contributed by atoms with Crippen molar-refractivity contribution in [1.29, 1.82) is 0 Å². The smallest absolute Gasteiger partial charge is 0.410 e. The second-order valence-corrected chi connectivity index (χ2v) is 14.2. The topological polar surface area (TPSA) is 99.3 Å². The van der Waals surface area contributed by atoms with Gasteiger partial charge in [-0.2, -0.15) is 4.31 Å². The molecule has 0 aliphatic carbocycles. The predicted molar refractivity (Wildman–Crippen MR) is 153 cm³/mol. The SMILES string of the molecule is CC(C)(C)OC(=O)N1CCc2sc(NC(=O)N3CCN(S(=O)(=O)c4ccc5cc(Cl)ccc5c4)CC3)cc2C1. The number of hydrogen-bond acceptors (Lipinski definition) is 6. The van der Waals surface area contributed by atoms with Gasteiger partial charge in [0.15, 0.2) is 0 Å². The molecule has 0 saturated carbocycles. The normalized spacial score (nSPS) is 16.7. The number of rotatable bonds is 3. The number of ether oxygens (including phenoxy) is 1. The zero-order chi connectivity index (χ0) is 27.9. The highest BCUT2D eigenvalue weighted by atomic mass is 35.5. The van der Waals surface area contributed by atoms with E-state index < -0.39 is 15.6 Å². The van der Waals surface area contributed by atoms with Crippen LogP contribution in [0.5, 0.6) is 0 Å². The fourth-order valence-electron chi connectivity index (χ4n) is 4.70. The average molecular weight is 591 g/mol. The van der Waals surface area contributed by atoms with Gasteiger partial charge in [-0.25, -0.2) is 18.0 Å². The first-order valence-electron chi connectivity index (χ1n) is 12.7. The molecule has 12 heteroatoms. The lowest BCUT2D eigenvalue weighted by atomic mass is 10.1. The molecule has 39 heavy (non-hydrogen) atoms. The van der Waals surface area contributed by atoms with E-state index in [2.05, 4.69) is 5.32 Å². The van der Waals surface area contributed by atoms with Gasteiger partial charge in [0, 0.05) is 42.6 Å². The van der Waals surface area contributed by atoms with Crippen LogP contribution in [0.2, 0.25) is 5.02 Å². The molecule has 1 N–H and O–H groups in total. The van der Waals surface area contributed by atoms with Gasteiger partial charge in [-0.05, 0) is 73.9 Å². The van der Waals surface area contributed by atoms with E-state index in [1.807, 2.05) is 26.8 Å². The highest BCUT2D eigenvalue weighted by Crippen LogP contribution is 2.32.